The Hall–Kier alpha value is -2.97. The second kappa shape index (κ2) is 10.0. The van der Waals surface area contributed by atoms with Crippen molar-refractivity contribution in [1.82, 2.24) is 20.2 Å². The molecule has 0 fully saturated rings. The van der Waals surface area contributed by atoms with Crippen molar-refractivity contribution >= 4 is 17.9 Å². The van der Waals surface area contributed by atoms with Gasteiger partial charge in [0.25, 0.3) is 6.47 Å². The first-order valence-electron chi connectivity index (χ1n) is 7.82. The number of halogens is 1. The van der Waals surface area contributed by atoms with Gasteiger partial charge in [0.15, 0.2) is 0 Å². The van der Waals surface area contributed by atoms with Gasteiger partial charge >= 0.3 is 0 Å². The quantitative estimate of drug-likeness (QED) is 0.276. The summed E-state index contributed by atoms with van der Waals surface area (Å²) in [6.45, 7) is 1.24. The molecule has 0 spiro atoms. The summed E-state index contributed by atoms with van der Waals surface area (Å²) in [5.41, 5.74) is 5.12. The van der Waals surface area contributed by atoms with Crippen LogP contribution in [0.4, 0.5) is 10.1 Å². The lowest BCUT2D eigenvalue weighted by Gasteiger charge is -2.13. The molecule has 0 aliphatic carbocycles. The average Bonchev–Trinajstić information content (AvgIpc) is 3.16. The molecule has 0 saturated carbocycles. The summed E-state index contributed by atoms with van der Waals surface area (Å²) < 4.78 is 20.0. The molecule has 1 aromatic heterocycles. The minimum Gasteiger partial charge on any atom is -0.461 e. The third-order valence-electron chi connectivity index (χ3n) is 3.49. The lowest BCUT2D eigenvalue weighted by Crippen LogP contribution is -2.15. The summed E-state index contributed by atoms with van der Waals surface area (Å²) >= 11 is 0. The van der Waals surface area contributed by atoms with E-state index in [1.165, 1.54) is 0 Å². The predicted octanol–water partition coefficient (Wildman–Crippen LogP) is 1.35. The second-order valence-corrected chi connectivity index (χ2v) is 5.17. The van der Waals surface area contributed by atoms with E-state index in [2.05, 4.69) is 26.0 Å². The Kier molecular flexibility index (Phi) is 7.36. The van der Waals surface area contributed by atoms with Crippen LogP contribution in [0.3, 0.4) is 0 Å². The lowest BCUT2D eigenvalue weighted by molar-refractivity contribution is -0.127. The number of rotatable bonds is 11. The number of benzene rings is 1. The Morgan fingerprint density at radius 2 is 2.20 bits per heavy atom. The van der Waals surface area contributed by atoms with Crippen LogP contribution in [-0.4, -0.2) is 47.1 Å². The van der Waals surface area contributed by atoms with E-state index in [0.29, 0.717) is 29.9 Å². The van der Waals surface area contributed by atoms with Crippen LogP contribution in [0.1, 0.15) is 17.5 Å². The SMILES string of the molecule is CN/N=C(\COC=O)c1ccc(NCCCn2cnnc2)c(CF)c1. The van der Waals surface area contributed by atoms with Crippen molar-refractivity contribution in [3.8, 4) is 0 Å². The third-order valence-corrected chi connectivity index (χ3v) is 3.49. The summed E-state index contributed by atoms with van der Waals surface area (Å²) in [5.74, 6) is 0. The van der Waals surface area contributed by atoms with E-state index in [0.717, 1.165) is 18.7 Å². The number of carbonyl (C=O) groups excluding carboxylic acids is 1. The number of nitrogens with zero attached hydrogens (tertiary/aromatic N) is 4. The molecule has 2 rings (SSSR count). The minimum atomic E-state index is -0.608. The van der Waals surface area contributed by atoms with Crippen molar-refractivity contribution in [1.29, 1.82) is 0 Å². The van der Waals surface area contributed by atoms with Gasteiger partial charge in [-0.25, -0.2) is 4.39 Å². The average molecular weight is 348 g/mol. The van der Waals surface area contributed by atoms with Crippen LogP contribution < -0.4 is 10.7 Å². The number of hydrogen-bond donors (Lipinski definition) is 2. The zero-order chi connectivity index (χ0) is 17.9. The molecule has 0 saturated heterocycles. The molecule has 0 atom stereocenters. The van der Waals surface area contributed by atoms with Gasteiger partial charge < -0.3 is 20.0 Å². The maximum Gasteiger partial charge on any atom is 0.293 e. The van der Waals surface area contributed by atoms with Gasteiger partial charge in [-0.1, -0.05) is 6.07 Å². The standard InChI is InChI=1S/C16H21FN6O2/c1-18-22-16(9-25-12-24)13-3-4-15(14(7-13)8-17)19-5-2-6-23-10-20-21-11-23/h3-4,7,10-12,18-19H,2,5-6,8-9H2,1H3/b22-16+. The van der Waals surface area contributed by atoms with Gasteiger partial charge in [0.05, 0.1) is 0 Å². The Bertz CT molecular complexity index is 690. The van der Waals surface area contributed by atoms with Gasteiger partial charge in [-0.05, 0) is 18.6 Å². The van der Waals surface area contributed by atoms with E-state index in [1.807, 2.05) is 10.6 Å². The molecule has 134 valence electrons. The first-order chi connectivity index (χ1) is 12.3. The van der Waals surface area contributed by atoms with E-state index in [1.54, 1.807) is 31.8 Å². The number of nitrogens with one attached hydrogen (secondary N) is 2. The second-order valence-electron chi connectivity index (χ2n) is 5.17. The Morgan fingerprint density at radius 1 is 1.40 bits per heavy atom. The molecule has 0 aliphatic rings. The molecule has 0 aliphatic heterocycles. The highest BCUT2D eigenvalue weighted by Gasteiger charge is 2.09. The molecule has 0 radical (unpaired) electrons. The molecule has 1 aromatic carbocycles. The highest BCUT2D eigenvalue weighted by atomic mass is 19.1. The monoisotopic (exact) mass is 348 g/mol. The molecule has 0 amide bonds. The fraction of sp³-hybridized carbons (Fsp3) is 0.375. The Morgan fingerprint density at radius 3 is 2.88 bits per heavy atom. The van der Waals surface area contributed by atoms with Crippen LogP contribution in [0, 0.1) is 0 Å². The van der Waals surface area contributed by atoms with Crippen molar-refractivity contribution in [2.24, 2.45) is 5.10 Å². The summed E-state index contributed by atoms with van der Waals surface area (Å²) in [4.78, 5) is 10.4. The van der Waals surface area contributed by atoms with Crippen LogP contribution >= 0.6 is 0 Å². The first-order valence-corrected chi connectivity index (χ1v) is 7.82. The number of aryl methyl sites for hydroxylation is 1. The maximum atomic E-state index is 13.4. The first kappa shape index (κ1) is 18.4. The predicted molar refractivity (Wildman–Crippen MR) is 92.0 cm³/mol. The largest absolute Gasteiger partial charge is 0.461 e. The molecule has 2 N–H and O–H groups in total. The van der Waals surface area contributed by atoms with E-state index in [4.69, 9.17) is 4.74 Å². The molecule has 1 heterocycles. The molecule has 8 nitrogen and oxygen atoms in total. The van der Waals surface area contributed by atoms with E-state index < -0.39 is 6.67 Å². The summed E-state index contributed by atoms with van der Waals surface area (Å²) in [7, 11) is 1.64. The van der Waals surface area contributed by atoms with E-state index in [9.17, 15) is 9.18 Å². The van der Waals surface area contributed by atoms with Crippen LogP contribution in [0.25, 0.3) is 0 Å². The number of hydrogen-bond acceptors (Lipinski definition) is 7. The van der Waals surface area contributed by atoms with Crippen molar-refractivity contribution in [3.63, 3.8) is 0 Å². The third kappa shape index (κ3) is 5.55. The fourth-order valence-electron chi connectivity index (χ4n) is 2.31. The van der Waals surface area contributed by atoms with Crippen LogP contribution in [-0.2, 0) is 22.8 Å². The number of alkyl halides is 1. The molecular weight excluding hydrogens is 327 g/mol. The van der Waals surface area contributed by atoms with Crippen molar-refractivity contribution in [2.75, 3.05) is 25.5 Å². The van der Waals surface area contributed by atoms with Gasteiger partial charge in [0.1, 0.15) is 31.6 Å². The summed E-state index contributed by atoms with van der Waals surface area (Å²) in [5, 5.41) is 14.8. The number of ether oxygens (including phenoxy) is 1. The number of carbonyl (C=O) groups is 1. The zero-order valence-electron chi connectivity index (χ0n) is 14.0. The Labute approximate surface area is 145 Å². The Balaban J connectivity index is 1.99. The van der Waals surface area contributed by atoms with Crippen LogP contribution in [0.15, 0.2) is 36.0 Å². The highest BCUT2D eigenvalue weighted by molar-refractivity contribution is 6.02. The zero-order valence-corrected chi connectivity index (χ0v) is 14.0. The summed E-state index contributed by atoms with van der Waals surface area (Å²) in [6.07, 6.45) is 4.17. The molecule has 0 bridgehead atoms. The van der Waals surface area contributed by atoms with E-state index in [-0.39, 0.29) is 6.61 Å². The van der Waals surface area contributed by atoms with Crippen LogP contribution in [0.5, 0.6) is 0 Å². The molecular formula is C16H21FN6O2. The normalized spacial score (nSPS) is 11.2. The van der Waals surface area contributed by atoms with Crippen molar-refractivity contribution < 1.29 is 13.9 Å². The van der Waals surface area contributed by atoms with E-state index >= 15 is 0 Å². The van der Waals surface area contributed by atoms with Crippen molar-refractivity contribution in [3.05, 3.63) is 42.0 Å². The smallest absolute Gasteiger partial charge is 0.293 e. The number of aromatic nitrogens is 3. The molecule has 2 aromatic rings. The molecule has 9 heteroatoms. The van der Waals surface area contributed by atoms with Gasteiger partial charge in [0, 0.05) is 37.0 Å². The fourth-order valence-corrected chi connectivity index (χ4v) is 2.31. The lowest BCUT2D eigenvalue weighted by atomic mass is 10.1. The molecule has 25 heavy (non-hydrogen) atoms. The van der Waals surface area contributed by atoms with Gasteiger partial charge in [0.2, 0.25) is 0 Å². The highest BCUT2D eigenvalue weighted by Crippen LogP contribution is 2.19. The maximum absolute atomic E-state index is 13.4. The minimum absolute atomic E-state index is 0.0157. The summed E-state index contributed by atoms with van der Waals surface area (Å²) in [6, 6.07) is 5.31. The topological polar surface area (TPSA) is 93.4 Å². The van der Waals surface area contributed by atoms with Gasteiger partial charge in [-0.15, -0.1) is 10.2 Å². The van der Waals surface area contributed by atoms with Crippen molar-refractivity contribution in [2.45, 2.75) is 19.6 Å². The number of hydrazone groups is 1. The van der Waals surface area contributed by atoms with Gasteiger partial charge in [-0.2, -0.15) is 5.10 Å². The van der Waals surface area contributed by atoms with Crippen LogP contribution in [0.2, 0.25) is 0 Å². The molecule has 0 unspecified atom stereocenters. The number of anilines is 1. The van der Waals surface area contributed by atoms with Gasteiger partial charge in [-0.3, -0.25) is 4.79 Å².